The van der Waals surface area contributed by atoms with Gasteiger partial charge in [0.05, 0.1) is 5.02 Å². The van der Waals surface area contributed by atoms with E-state index in [1.165, 1.54) is 0 Å². The van der Waals surface area contributed by atoms with Gasteiger partial charge in [-0.15, -0.1) is 11.8 Å². The first kappa shape index (κ1) is 16.5. The average molecular weight is 329 g/mol. The number of aliphatic hydroxyl groups is 1. The molecule has 0 aliphatic carbocycles. The highest BCUT2D eigenvalue weighted by molar-refractivity contribution is 7.98. The molecule has 2 rings (SSSR count). The Labute approximate surface area is 134 Å². The summed E-state index contributed by atoms with van der Waals surface area (Å²) in [7, 11) is 0. The Balaban J connectivity index is 2.04. The second-order valence-corrected chi connectivity index (χ2v) is 6.66. The molecule has 116 valence electrons. The van der Waals surface area contributed by atoms with Crippen molar-refractivity contribution in [2.75, 3.05) is 24.7 Å². The first-order chi connectivity index (χ1) is 10.0. The first-order valence-electron chi connectivity index (χ1n) is 7.07. The van der Waals surface area contributed by atoms with Gasteiger partial charge in [-0.2, -0.15) is 0 Å². The molecule has 4 nitrogen and oxygen atoms in total. The number of likely N-dealkylation sites (tertiary alicyclic amines) is 1. The van der Waals surface area contributed by atoms with Crippen LogP contribution in [0.15, 0.2) is 23.1 Å². The smallest absolute Gasteiger partial charge is 0.322 e. The molecule has 0 spiro atoms. The second-order valence-electron chi connectivity index (χ2n) is 5.41. The van der Waals surface area contributed by atoms with Crippen LogP contribution in [0, 0.1) is 5.92 Å². The van der Waals surface area contributed by atoms with Crippen LogP contribution >= 0.6 is 23.4 Å². The third kappa shape index (κ3) is 4.05. The third-order valence-corrected chi connectivity index (χ3v) is 5.12. The van der Waals surface area contributed by atoms with Crippen LogP contribution in [0.5, 0.6) is 0 Å². The van der Waals surface area contributed by atoms with Gasteiger partial charge < -0.3 is 15.3 Å². The fourth-order valence-corrected chi connectivity index (χ4v) is 3.42. The summed E-state index contributed by atoms with van der Waals surface area (Å²) in [5, 5.41) is 12.8. The number of anilines is 1. The number of piperidine rings is 1. The van der Waals surface area contributed by atoms with E-state index in [1.807, 2.05) is 25.3 Å². The van der Waals surface area contributed by atoms with Gasteiger partial charge in [0.1, 0.15) is 0 Å². The summed E-state index contributed by atoms with van der Waals surface area (Å²) < 4.78 is 0. The van der Waals surface area contributed by atoms with Crippen molar-refractivity contribution in [1.29, 1.82) is 0 Å². The van der Waals surface area contributed by atoms with Crippen molar-refractivity contribution in [2.24, 2.45) is 5.92 Å². The molecule has 1 aromatic rings. The van der Waals surface area contributed by atoms with E-state index < -0.39 is 0 Å². The van der Waals surface area contributed by atoms with E-state index in [9.17, 15) is 9.90 Å². The first-order valence-corrected chi connectivity index (χ1v) is 8.67. The number of hydrogen-bond acceptors (Lipinski definition) is 3. The number of carbonyl (C=O) groups excluding carboxylic acids is 1. The summed E-state index contributed by atoms with van der Waals surface area (Å²) in [4.78, 5) is 15.2. The van der Waals surface area contributed by atoms with Crippen LogP contribution in [0.4, 0.5) is 10.5 Å². The van der Waals surface area contributed by atoms with E-state index >= 15 is 0 Å². The number of thioether (sulfide) groups is 1. The van der Waals surface area contributed by atoms with Crippen molar-refractivity contribution in [3.63, 3.8) is 0 Å². The van der Waals surface area contributed by atoms with Gasteiger partial charge in [-0.25, -0.2) is 4.79 Å². The molecule has 0 unspecified atom stereocenters. The van der Waals surface area contributed by atoms with Crippen molar-refractivity contribution < 1.29 is 9.90 Å². The molecule has 1 aliphatic heterocycles. The summed E-state index contributed by atoms with van der Waals surface area (Å²) in [5.74, 6) is 0.175. The van der Waals surface area contributed by atoms with Gasteiger partial charge in [-0.3, -0.25) is 0 Å². The van der Waals surface area contributed by atoms with Crippen molar-refractivity contribution >= 4 is 35.1 Å². The fourth-order valence-electron chi connectivity index (χ4n) is 2.55. The summed E-state index contributed by atoms with van der Waals surface area (Å²) in [5.41, 5.74) is 0.695. The van der Waals surface area contributed by atoms with Gasteiger partial charge in [0, 0.05) is 29.8 Å². The van der Waals surface area contributed by atoms with Crippen LogP contribution in [0.3, 0.4) is 0 Å². The van der Waals surface area contributed by atoms with Gasteiger partial charge in [-0.05, 0) is 50.1 Å². The summed E-state index contributed by atoms with van der Waals surface area (Å²) >= 11 is 7.73. The molecular weight excluding hydrogens is 308 g/mol. The number of hydrogen-bond donors (Lipinski definition) is 2. The molecule has 21 heavy (non-hydrogen) atoms. The Morgan fingerprint density at radius 1 is 1.52 bits per heavy atom. The molecule has 1 aliphatic rings. The number of nitrogens with zero attached hydrogens (tertiary/aromatic N) is 1. The third-order valence-electron chi connectivity index (χ3n) is 3.90. The zero-order valence-electron chi connectivity index (χ0n) is 12.3. The van der Waals surface area contributed by atoms with Crippen LogP contribution in [0.25, 0.3) is 0 Å². The molecule has 2 N–H and O–H groups in total. The molecule has 2 atom stereocenters. The number of urea groups is 1. The summed E-state index contributed by atoms with van der Waals surface area (Å²) in [6, 6.07) is 5.58. The highest BCUT2D eigenvalue weighted by Gasteiger charge is 2.28. The molecular formula is C15H21ClN2O2S. The Bertz CT molecular complexity index is 512. The van der Waals surface area contributed by atoms with E-state index in [-0.39, 0.29) is 24.6 Å². The second kappa shape index (κ2) is 7.38. The quantitative estimate of drug-likeness (QED) is 0.832. The lowest BCUT2D eigenvalue weighted by Crippen LogP contribution is -2.48. The highest BCUT2D eigenvalue weighted by atomic mass is 35.5. The maximum Gasteiger partial charge on any atom is 0.322 e. The van der Waals surface area contributed by atoms with E-state index in [1.54, 1.807) is 22.7 Å². The SMILES string of the molecule is CSc1ccc(NC(=O)N2C[C@@H](CO)CC[C@@H]2C)cc1Cl. The molecule has 0 radical (unpaired) electrons. The normalized spacial score (nSPS) is 22.2. The lowest BCUT2D eigenvalue weighted by atomic mass is 9.94. The average Bonchev–Trinajstić information content (AvgIpc) is 2.48. The predicted octanol–water partition coefficient (Wildman–Crippen LogP) is 3.69. The van der Waals surface area contributed by atoms with Crippen LogP contribution < -0.4 is 5.32 Å². The number of carbonyl (C=O) groups is 1. The molecule has 0 saturated carbocycles. The minimum absolute atomic E-state index is 0.130. The Kier molecular flexibility index (Phi) is 5.79. The number of halogens is 1. The molecule has 1 aromatic carbocycles. The Morgan fingerprint density at radius 2 is 2.29 bits per heavy atom. The monoisotopic (exact) mass is 328 g/mol. The highest BCUT2D eigenvalue weighted by Crippen LogP contribution is 2.28. The molecule has 1 heterocycles. The standard InChI is InChI=1S/C15H21ClN2O2S/c1-10-3-4-11(9-19)8-18(10)15(20)17-12-5-6-14(21-2)13(16)7-12/h5-7,10-11,19H,3-4,8-9H2,1-2H3,(H,17,20)/t10-,11-/m0/s1. The maximum atomic E-state index is 12.4. The van der Waals surface area contributed by atoms with Gasteiger partial charge in [0.25, 0.3) is 0 Å². The number of rotatable bonds is 3. The van der Waals surface area contributed by atoms with Crippen molar-refractivity contribution in [3.05, 3.63) is 23.2 Å². The molecule has 1 fully saturated rings. The largest absolute Gasteiger partial charge is 0.396 e. The molecule has 2 amide bonds. The predicted molar refractivity (Wildman–Crippen MR) is 88.2 cm³/mol. The fraction of sp³-hybridized carbons (Fsp3) is 0.533. The zero-order valence-corrected chi connectivity index (χ0v) is 13.9. The summed E-state index contributed by atoms with van der Waals surface area (Å²) in [6.07, 6.45) is 3.85. The van der Waals surface area contributed by atoms with Crippen LogP contribution in [0.1, 0.15) is 19.8 Å². The van der Waals surface area contributed by atoms with Crippen LogP contribution in [0.2, 0.25) is 5.02 Å². The molecule has 1 saturated heterocycles. The van der Waals surface area contributed by atoms with Gasteiger partial charge in [-0.1, -0.05) is 11.6 Å². The molecule has 6 heteroatoms. The lowest BCUT2D eigenvalue weighted by Gasteiger charge is -2.37. The number of amides is 2. The Hall–Kier alpha value is -0.910. The lowest BCUT2D eigenvalue weighted by molar-refractivity contribution is 0.107. The molecule has 0 aromatic heterocycles. The minimum Gasteiger partial charge on any atom is -0.396 e. The zero-order chi connectivity index (χ0) is 15.4. The van der Waals surface area contributed by atoms with E-state index in [4.69, 9.17) is 11.6 Å². The Morgan fingerprint density at radius 3 is 2.90 bits per heavy atom. The van der Waals surface area contributed by atoms with Crippen LogP contribution in [-0.2, 0) is 0 Å². The number of aliphatic hydroxyl groups excluding tert-OH is 1. The maximum absolute atomic E-state index is 12.4. The van der Waals surface area contributed by atoms with Crippen molar-refractivity contribution in [2.45, 2.75) is 30.7 Å². The van der Waals surface area contributed by atoms with E-state index in [0.29, 0.717) is 17.3 Å². The van der Waals surface area contributed by atoms with Crippen molar-refractivity contribution in [1.82, 2.24) is 4.90 Å². The topological polar surface area (TPSA) is 52.6 Å². The van der Waals surface area contributed by atoms with Crippen molar-refractivity contribution in [3.8, 4) is 0 Å². The minimum atomic E-state index is -0.131. The summed E-state index contributed by atoms with van der Waals surface area (Å²) in [6.45, 7) is 2.77. The molecule has 0 bridgehead atoms. The van der Waals surface area contributed by atoms with Gasteiger partial charge in [0.2, 0.25) is 0 Å². The number of nitrogens with one attached hydrogen (secondary N) is 1. The van der Waals surface area contributed by atoms with E-state index in [2.05, 4.69) is 5.32 Å². The van der Waals surface area contributed by atoms with Gasteiger partial charge >= 0.3 is 6.03 Å². The van der Waals surface area contributed by atoms with E-state index in [0.717, 1.165) is 17.7 Å². The number of benzene rings is 1. The van der Waals surface area contributed by atoms with Crippen LogP contribution in [-0.4, -0.2) is 41.5 Å². The van der Waals surface area contributed by atoms with Gasteiger partial charge in [0.15, 0.2) is 0 Å².